The van der Waals surface area contributed by atoms with Gasteiger partial charge in [-0.05, 0) is 50.1 Å². The molecule has 1 aromatic heterocycles. The molecule has 0 fully saturated rings. The molecule has 8 heteroatoms. The Balaban J connectivity index is 0.00000392. The van der Waals surface area contributed by atoms with Crippen molar-refractivity contribution in [1.82, 2.24) is 16.0 Å². The molecule has 0 aliphatic heterocycles. The Morgan fingerprint density at radius 1 is 1.04 bits per heavy atom. The van der Waals surface area contributed by atoms with Crippen molar-refractivity contribution in [3.63, 3.8) is 0 Å². The summed E-state index contributed by atoms with van der Waals surface area (Å²) in [5.41, 5.74) is 1.88. The molecule has 1 heterocycles. The number of carbonyl (C=O) groups excluding carboxylic acids is 1. The normalized spacial score (nSPS) is 11.0. The number of hydrogen-bond donors (Lipinski definition) is 4. The van der Waals surface area contributed by atoms with E-state index in [1.807, 2.05) is 49.4 Å². The summed E-state index contributed by atoms with van der Waals surface area (Å²) in [5, 5.41) is 12.3. The Morgan fingerprint density at radius 2 is 1.68 bits per heavy atom. The van der Waals surface area contributed by atoms with Crippen molar-refractivity contribution in [2.24, 2.45) is 4.99 Å². The second-order valence-electron chi connectivity index (χ2n) is 6.45. The quantitative estimate of drug-likeness (QED) is 0.252. The van der Waals surface area contributed by atoms with Gasteiger partial charge in [-0.3, -0.25) is 4.99 Å². The van der Waals surface area contributed by atoms with E-state index < -0.39 is 0 Å². The number of thiophene rings is 1. The third-order valence-corrected chi connectivity index (χ3v) is 5.04. The highest BCUT2D eigenvalue weighted by Gasteiger charge is 2.04. The van der Waals surface area contributed by atoms with Gasteiger partial charge in [-0.25, -0.2) is 4.79 Å². The van der Waals surface area contributed by atoms with E-state index in [4.69, 9.17) is 0 Å². The van der Waals surface area contributed by atoms with Gasteiger partial charge in [0.15, 0.2) is 5.96 Å². The zero-order valence-corrected chi connectivity index (χ0v) is 20.0. The standard InChI is InChI=1S/C20H29N5OS.HI/c1-5-17-10-11-18(27-17)13-23-19(21-4)22-12-15-6-8-16(9-7-15)25-20(26)24-14(2)3;/h6-11,14H,5,12-13H2,1-4H3,(H2,21,22,23)(H2,24,25,26);1H. The molecule has 2 rings (SSSR count). The average Bonchev–Trinajstić information content (AvgIpc) is 3.10. The van der Waals surface area contributed by atoms with Gasteiger partial charge < -0.3 is 21.3 Å². The van der Waals surface area contributed by atoms with E-state index >= 15 is 0 Å². The molecule has 2 amide bonds. The van der Waals surface area contributed by atoms with Gasteiger partial charge in [0.2, 0.25) is 0 Å². The fraction of sp³-hybridized carbons (Fsp3) is 0.400. The van der Waals surface area contributed by atoms with Crippen LogP contribution >= 0.6 is 35.3 Å². The molecule has 4 N–H and O–H groups in total. The van der Waals surface area contributed by atoms with Crippen molar-refractivity contribution in [2.75, 3.05) is 12.4 Å². The molecular weight excluding hydrogens is 485 g/mol. The molecule has 0 atom stereocenters. The Hall–Kier alpha value is -1.81. The van der Waals surface area contributed by atoms with Gasteiger partial charge in [0.25, 0.3) is 0 Å². The van der Waals surface area contributed by atoms with Crippen LogP contribution in [-0.2, 0) is 19.5 Å². The maximum atomic E-state index is 11.7. The minimum absolute atomic E-state index is 0. The molecule has 0 aliphatic carbocycles. The highest BCUT2D eigenvalue weighted by Crippen LogP contribution is 2.16. The van der Waals surface area contributed by atoms with Gasteiger partial charge in [-0.2, -0.15) is 0 Å². The van der Waals surface area contributed by atoms with Crippen molar-refractivity contribution in [1.29, 1.82) is 0 Å². The van der Waals surface area contributed by atoms with E-state index in [9.17, 15) is 4.79 Å². The summed E-state index contributed by atoms with van der Waals surface area (Å²) in [6.45, 7) is 7.44. The van der Waals surface area contributed by atoms with Crippen LogP contribution < -0.4 is 21.3 Å². The topological polar surface area (TPSA) is 77.6 Å². The van der Waals surface area contributed by atoms with Crippen LogP contribution in [0.5, 0.6) is 0 Å². The molecule has 0 unspecified atom stereocenters. The number of anilines is 1. The SMILES string of the molecule is CCc1ccc(CNC(=NC)NCc2ccc(NC(=O)NC(C)C)cc2)s1.I. The number of nitrogens with zero attached hydrogens (tertiary/aromatic N) is 1. The molecule has 154 valence electrons. The van der Waals surface area contributed by atoms with Crippen molar-refractivity contribution in [3.05, 3.63) is 51.7 Å². The number of benzene rings is 1. The molecule has 0 bridgehead atoms. The van der Waals surface area contributed by atoms with Crippen molar-refractivity contribution in [3.8, 4) is 0 Å². The lowest BCUT2D eigenvalue weighted by atomic mass is 10.2. The lowest BCUT2D eigenvalue weighted by Gasteiger charge is -2.12. The van der Waals surface area contributed by atoms with Gasteiger partial charge in [0.1, 0.15) is 0 Å². The highest BCUT2D eigenvalue weighted by atomic mass is 127. The number of halogens is 1. The lowest BCUT2D eigenvalue weighted by molar-refractivity contribution is 0.250. The summed E-state index contributed by atoms with van der Waals surface area (Å²) in [6, 6.07) is 12.0. The first-order chi connectivity index (χ1) is 13.0. The van der Waals surface area contributed by atoms with Gasteiger partial charge in [0, 0.05) is 35.1 Å². The lowest BCUT2D eigenvalue weighted by Crippen LogP contribution is -2.36. The van der Waals surface area contributed by atoms with E-state index in [0.717, 1.165) is 30.2 Å². The second kappa shape index (κ2) is 12.6. The fourth-order valence-corrected chi connectivity index (χ4v) is 3.32. The average molecular weight is 515 g/mol. The summed E-state index contributed by atoms with van der Waals surface area (Å²) < 4.78 is 0. The predicted molar refractivity (Wildman–Crippen MR) is 130 cm³/mol. The zero-order chi connectivity index (χ0) is 19.6. The van der Waals surface area contributed by atoms with Crippen LogP contribution in [0, 0.1) is 0 Å². The number of amides is 2. The molecule has 6 nitrogen and oxygen atoms in total. The molecular formula is C20H30IN5OS. The Morgan fingerprint density at radius 3 is 2.25 bits per heavy atom. The Kier molecular flexibility index (Phi) is 10.9. The molecule has 1 aromatic carbocycles. The van der Waals surface area contributed by atoms with Crippen LogP contribution in [0.4, 0.5) is 10.5 Å². The van der Waals surface area contributed by atoms with E-state index in [0.29, 0.717) is 6.54 Å². The van der Waals surface area contributed by atoms with Gasteiger partial charge in [0.05, 0.1) is 6.54 Å². The van der Waals surface area contributed by atoms with E-state index in [-0.39, 0.29) is 36.0 Å². The molecule has 0 saturated carbocycles. The van der Waals surface area contributed by atoms with Crippen molar-refractivity contribution < 1.29 is 4.79 Å². The van der Waals surface area contributed by atoms with Crippen molar-refractivity contribution >= 4 is 53.0 Å². The number of aliphatic imine (C=N–C) groups is 1. The molecule has 2 aromatic rings. The summed E-state index contributed by atoms with van der Waals surface area (Å²) >= 11 is 1.82. The zero-order valence-electron chi connectivity index (χ0n) is 16.8. The molecule has 0 saturated heterocycles. The third kappa shape index (κ3) is 8.47. The minimum atomic E-state index is -0.194. The van der Waals surface area contributed by atoms with E-state index in [1.54, 1.807) is 7.05 Å². The Labute approximate surface area is 188 Å². The van der Waals surface area contributed by atoms with Gasteiger partial charge in [-0.15, -0.1) is 35.3 Å². The molecule has 28 heavy (non-hydrogen) atoms. The molecule has 0 spiro atoms. The third-order valence-electron chi connectivity index (χ3n) is 3.81. The summed E-state index contributed by atoms with van der Waals surface area (Å²) in [4.78, 5) is 18.7. The highest BCUT2D eigenvalue weighted by molar-refractivity contribution is 14.0. The van der Waals surface area contributed by atoms with Gasteiger partial charge >= 0.3 is 6.03 Å². The maximum absolute atomic E-state index is 11.7. The summed E-state index contributed by atoms with van der Waals surface area (Å²) in [7, 11) is 1.77. The van der Waals surface area contributed by atoms with Crippen LogP contribution in [0.15, 0.2) is 41.4 Å². The minimum Gasteiger partial charge on any atom is -0.352 e. The maximum Gasteiger partial charge on any atom is 0.319 e. The van der Waals surface area contributed by atoms with E-state index in [1.165, 1.54) is 9.75 Å². The first-order valence-corrected chi connectivity index (χ1v) is 10.00. The predicted octanol–water partition coefficient (Wildman–Crippen LogP) is 4.32. The number of aryl methyl sites for hydroxylation is 1. The number of rotatable bonds is 7. The van der Waals surface area contributed by atoms with Gasteiger partial charge in [-0.1, -0.05) is 19.1 Å². The summed E-state index contributed by atoms with van der Waals surface area (Å²) in [6.07, 6.45) is 1.07. The number of urea groups is 1. The second-order valence-corrected chi connectivity index (χ2v) is 7.70. The van der Waals surface area contributed by atoms with Crippen LogP contribution in [0.1, 0.15) is 36.1 Å². The Bertz CT molecular complexity index is 758. The first-order valence-electron chi connectivity index (χ1n) is 9.18. The number of hydrogen-bond acceptors (Lipinski definition) is 3. The molecule has 0 aliphatic rings. The first kappa shape index (κ1) is 24.2. The number of carbonyl (C=O) groups is 1. The van der Waals surface area contributed by atoms with Crippen LogP contribution in [0.25, 0.3) is 0 Å². The molecule has 0 radical (unpaired) electrons. The monoisotopic (exact) mass is 515 g/mol. The van der Waals surface area contributed by atoms with E-state index in [2.05, 4.69) is 45.3 Å². The number of nitrogens with one attached hydrogen (secondary N) is 4. The fourth-order valence-electron chi connectivity index (χ4n) is 2.42. The van der Waals surface area contributed by atoms with Crippen molar-refractivity contribution in [2.45, 2.75) is 46.3 Å². The largest absolute Gasteiger partial charge is 0.352 e. The van der Waals surface area contributed by atoms with Crippen LogP contribution in [-0.4, -0.2) is 25.1 Å². The summed E-state index contributed by atoms with van der Waals surface area (Å²) in [5.74, 6) is 0.764. The smallest absolute Gasteiger partial charge is 0.319 e. The number of guanidine groups is 1. The van der Waals surface area contributed by atoms with Crippen LogP contribution in [0.2, 0.25) is 0 Å². The van der Waals surface area contributed by atoms with Crippen LogP contribution in [0.3, 0.4) is 0 Å².